The predicted octanol–water partition coefficient (Wildman–Crippen LogP) is 2.47. The number of nitrogens with one attached hydrogen (secondary N) is 1. The lowest BCUT2D eigenvalue weighted by Crippen LogP contribution is -2.32. The molecule has 0 bridgehead atoms. The highest BCUT2D eigenvalue weighted by atomic mass is 35.5. The van der Waals surface area contributed by atoms with Crippen LogP contribution in [0.4, 0.5) is 0 Å². The molecule has 1 aromatic rings. The van der Waals surface area contributed by atoms with Gasteiger partial charge in [0.25, 0.3) is 0 Å². The molecule has 5 heteroatoms. The lowest BCUT2D eigenvalue weighted by molar-refractivity contribution is -0.144. The van der Waals surface area contributed by atoms with Crippen LogP contribution in [0.2, 0.25) is 5.02 Å². The number of carboxylic acids is 1. The van der Waals surface area contributed by atoms with Crippen LogP contribution in [-0.4, -0.2) is 25.2 Å². The molecular formula is C13H16ClNO3. The molecule has 4 nitrogen and oxygen atoms in total. The summed E-state index contributed by atoms with van der Waals surface area (Å²) < 4.78 is 5.09. The van der Waals surface area contributed by atoms with Crippen LogP contribution in [0.25, 0.3) is 0 Å². The molecule has 2 rings (SSSR count). The maximum absolute atomic E-state index is 11.4. The zero-order chi connectivity index (χ0) is 13.3. The van der Waals surface area contributed by atoms with Crippen LogP contribution < -0.4 is 10.1 Å². The Labute approximate surface area is 111 Å². The second-order valence-electron chi connectivity index (χ2n) is 4.58. The van der Waals surface area contributed by atoms with Gasteiger partial charge in [0.05, 0.1) is 17.5 Å². The van der Waals surface area contributed by atoms with E-state index in [1.165, 1.54) is 0 Å². The molecule has 18 heavy (non-hydrogen) atoms. The summed E-state index contributed by atoms with van der Waals surface area (Å²) in [6, 6.07) is 5.16. The van der Waals surface area contributed by atoms with E-state index in [2.05, 4.69) is 5.32 Å². The van der Waals surface area contributed by atoms with Crippen molar-refractivity contribution in [2.45, 2.75) is 18.9 Å². The van der Waals surface area contributed by atoms with Gasteiger partial charge in [0.2, 0.25) is 0 Å². The Bertz CT molecular complexity index is 471. The highest BCUT2D eigenvalue weighted by Gasteiger charge is 2.56. The first-order valence-corrected chi connectivity index (χ1v) is 6.17. The van der Waals surface area contributed by atoms with Crippen LogP contribution in [0.3, 0.4) is 0 Å². The smallest absolute Gasteiger partial charge is 0.311 e. The Morgan fingerprint density at radius 1 is 1.56 bits per heavy atom. The fourth-order valence-corrected chi connectivity index (χ4v) is 2.65. The van der Waals surface area contributed by atoms with Gasteiger partial charge >= 0.3 is 5.97 Å². The van der Waals surface area contributed by atoms with E-state index < -0.39 is 11.4 Å². The summed E-state index contributed by atoms with van der Waals surface area (Å²) in [7, 11) is 3.32. The third-order valence-corrected chi connectivity index (χ3v) is 3.86. The molecule has 1 aliphatic rings. The van der Waals surface area contributed by atoms with Crippen LogP contribution >= 0.6 is 11.6 Å². The van der Waals surface area contributed by atoms with Crippen LogP contribution in [0.15, 0.2) is 18.2 Å². The first kappa shape index (κ1) is 13.2. The zero-order valence-corrected chi connectivity index (χ0v) is 11.1. The van der Waals surface area contributed by atoms with E-state index in [1.54, 1.807) is 26.3 Å². The van der Waals surface area contributed by atoms with E-state index in [0.717, 1.165) is 5.56 Å². The van der Waals surface area contributed by atoms with Crippen molar-refractivity contribution in [2.75, 3.05) is 14.2 Å². The second kappa shape index (κ2) is 4.78. The number of benzene rings is 1. The number of halogens is 1. The molecule has 1 aliphatic carbocycles. The van der Waals surface area contributed by atoms with Gasteiger partial charge in [0.1, 0.15) is 5.75 Å². The fourth-order valence-electron chi connectivity index (χ4n) is 2.38. The van der Waals surface area contributed by atoms with Gasteiger partial charge in [-0.3, -0.25) is 4.79 Å². The summed E-state index contributed by atoms with van der Waals surface area (Å²) >= 11 is 6.08. The summed E-state index contributed by atoms with van der Waals surface area (Å²) in [6.07, 6.45) is 1.38. The minimum Gasteiger partial charge on any atom is -0.495 e. The first-order valence-electron chi connectivity index (χ1n) is 5.79. The number of carbonyl (C=O) groups is 1. The van der Waals surface area contributed by atoms with Crippen molar-refractivity contribution in [3.05, 3.63) is 28.8 Å². The molecule has 0 aliphatic heterocycles. The zero-order valence-electron chi connectivity index (χ0n) is 10.4. The number of aliphatic carboxylic acids is 1. The highest BCUT2D eigenvalue weighted by Crippen LogP contribution is 2.55. The van der Waals surface area contributed by atoms with Crippen molar-refractivity contribution < 1.29 is 14.6 Å². The second-order valence-corrected chi connectivity index (χ2v) is 4.98. The standard InChI is InChI=1S/C13H16ClNO3/c1-15-11(13(5-6-13)12(16)17)8-3-4-10(18-2)9(14)7-8/h3-4,7,11,15H,5-6H2,1-2H3,(H,16,17). The fraction of sp³-hybridized carbons (Fsp3) is 0.462. The quantitative estimate of drug-likeness (QED) is 0.862. The summed E-state index contributed by atoms with van der Waals surface area (Å²) in [6.45, 7) is 0. The van der Waals surface area contributed by atoms with Crippen molar-refractivity contribution in [2.24, 2.45) is 5.41 Å². The van der Waals surface area contributed by atoms with Crippen LogP contribution in [0, 0.1) is 5.41 Å². The lowest BCUT2D eigenvalue weighted by atomic mass is 9.90. The van der Waals surface area contributed by atoms with Crippen molar-refractivity contribution in [3.63, 3.8) is 0 Å². The van der Waals surface area contributed by atoms with Crippen molar-refractivity contribution >= 4 is 17.6 Å². The van der Waals surface area contributed by atoms with Crippen LogP contribution in [0.5, 0.6) is 5.75 Å². The van der Waals surface area contributed by atoms with E-state index in [9.17, 15) is 9.90 Å². The Hall–Kier alpha value is -1.26. The normalized spacial score (nSPS) is 18.2. The number of rotatable bonds is 5. The van der Waals surface area contributed by atoms with Crippen LogP contribution in [-0.2, 0) is 4.79 Å². The maximum Gasteiger partial charge on any atom is 0.311 e. The molecule has 1 atom stereocenters. The molecule has 1 unspecified atom stereocenters. The van der Waals surface area contributed by atoms with E-state index >= 15 is 0 Å². The summed E-state index contributed by atoms with van der Waals surface area (Å²) in [5.41, 5.74) is 0.190. The Morgan fingerprint density at radius 2 is 2.22 bits per heavy atom. The minimum atomic E-state index is -0.756. The molecule has 0 radical (unpaired) electrons. The molecule has 1 aromatic carbocycles. The van der Waals surface area contributed by atoms with Gasteiger partial charge in [0.15, 0.2) is 0 Å². The maximum atomic E-state index is 11.4. The summed E-state index contributed by atoms with van der Waals surface area (Å²) in [4.78, 5) is 11.4. The number of ether oxygens (including phenoxy) is 1. The molecular weight excluding hydrogens is 254 g/mol. The largest absolute Gasteiger partial charge is 0.495 e. The first-order chi connectivity index (χ1) is 8.55. The number of hydrogen-bond donors (Lipinski definition) is 2. The Balaban J connectivity index is 2.34. The molecule has 0 aromatic heterocycles. The predicted molar refractivity (Wildman–Crippen MR) is 69.1 cm³/mol. The van der Waals surface area contributed by atoms with Crippen molar-refractivity contribution in [1.29, 1.82) is 0 Å². The number of methoxy groups -OCH3 is 1. The lowest BCUT2D eigenvalue weighted by Gasteiger charge is -2.24. The van der Waals surface area contributed by atoms with E-state index in [-0.39, 0.29) is 6.04 Å². The number of hydrogen-bond acceptors (Lipinski definition) is 3. The summed E-state index contributed by atoms with van der Waals surface area (Å²) in [5.74, 6) is -0.163. The molecule has 1 saturated carbocycles. The van der Waals surface area contributed by atoms with E-state index in [4.69, 9.17) is 16.3 Å². The van der Waals surface area contributed by atoms with Gasteiger partial charge in [-0.25, -0.2) is 0 Å². The third-order valence-electron chi connectivity index (χ3n) is 3.57. The van der Waals surface area contributed by atoms with Gasteiger partial charge in [-0.2, -0.15) is 0 Å². The van der Waals surface area contributed by atoms with Gasteiger partial charge in [-0.05, 0) is 37.6 Å². The van der Waals surface area contributed by atoms with Gasteiger partial charge < -0.3 is 15.2 Å². The molecule has 2 N–H and O–H groups in total. The average Bonchev–Trinajstić information content (AvgIpc) is 3.12. The van der Waals surface area contributed by atoms with E-state index in [1.807, 2.05) is 6.07 Å². The van der Waals surface area contributed by atoms with Gasteiger partial charge in [-0.1, -0.05) is 17.7 Å². The summed E-state index contributed by atoms with van der Waals surface area (Å²) in [5, 5.41) is 12.9. The molecule has 1 fully saturated rings. The Morgan fingerprint density at radius 3 is 2.61 bits per heavy atom. The van der Waals surface area contributed by atoms with Gasteiger partial charge in [0, 0.05) is 6.04 Å². The molecule has 98 valence electrons. The molecule has 0 heterocycles. The third kappa shape index (κ3) is 2.06. The van der Waals surface area contributed by atoms with Crippen molar-refractivity contribution in [1.82, 2.24) is 5.32 Å². The van der Waals surface area contributed by atoms with E-state index in [0.29, 0.717) is 23.6 Å². The van der Waals surface area contributed by atoms with Gasteiger partial charge in [-0.15, -0.1) is 0 Å². The van der Waals surface area contributed by atoms with Crippen molar-refractivity contribution in [3.8, 4) is 5.75 Å². The molecule has 0 amide bonds. The Kier molecular flexibility index (Phi) is 3.50. The molecule has 0 spiro atoms. The monoisotopic (exact) mass is 269 g/mol. The average molecular weight is 270 g/mol. The molecule has 0 saturated heterocycles. The SMILES string of the molecule is CNC(c1ccc(OC)c(Cl)c1)C1(C(=O)O)CC1. The highest BCUT2D eigenvalue weighted by molar-refractivity contribution is 6.32. The topological polar surface area (TPSA) is 58.6 Å². The number of carboxylic acid groups (broad SMARTS) is 1. The van der Waals surface area contributed by atoms with Crippen LogP contribution in [0.1, 0.15) is 24.4 Å². The minimum absolute atomic E-state index is 0.224.